The van der Waals surface area contributed by atoms with E-state index in [1.165, 1.54) is 28.7 Å². The average Bonchev–Trinajstić information content (AvgIpc) is 3.06. The van der Waals surface area contributed by atoms with Gasteiger partial charge in [0.15, 0.2) is 8.68 Å². The first-order valence-corrected chi connectivity index (χ1v) is 10.8. The van der Waals surface area contributed by atoms with E-state index >= 15 is 0 Å². The molecule has 1 heterocycles. The number of ether oxygens (including phenoxy) is 1. The van der Waals surface area contributed by atoms with E-state index in [0.717, 1.165) is 33.1 Å². The van der Waals surface area contributed by atoms with E-state index in [-0.39, 0.29) is 5.91 Å². The van der Waals surface area contributed by atoms with Crippen molar-refractivity contribution in [2.24, 2.45) is 5.92 Å². The molecule has 0 saturated heterocycles. The maximum Gasteiger partial charge on any atom is 0.230 e. The summed E-state index contributed by atoms with van der Waals surface area (Å²) in [6.45, 7) is 5.02. The van der Waals surface area contributed by atoms with E-state index in [9.17, 15) is 4.79 Å². The molecular weight excluding hydrogens is 374 g/mol. The predicted octanol–water partition coefficient (Wildman–Crippen LogP) is 4.09. The summed E-state index contributed by atoms with van der Waals surface area (Å²) < 4.78 is 6.90. The van der Waals surface area contributed by atoms with Crippen molar-refractivity contribution in [3.05, 3.63) is 29.8 Å². The van der Waals surface area contributed by atoms with Crippen LogP contribution in [-0.4, -0.2) is 35.5 Å². The standard InChI is InChI=1S/C17H23N3O2S3/c1-12(2)8-9-18-15(21)11-24-17-20-19-16(25-17)23-10-13-4-6-14(22-3)7-5-13/h4-7,12H,8-11H2,1-3H3,(H,18,21). The number of nitrogens with zero attached hydrogens (tertiary/aromatic N) is 2. The highest BCUT2D eigenvalue weighted by Crippen LogP contribution is 2.30. The Morgan fingerprint density at radius 3 is 2.52 bits per heavy atom. The van der Waals surface area contributed by atoms with Gasteiger partial charge < -0.3 is 10.1 Å². The predicted molar refractivity (Wildman–Crippen MR) is 106 cm³/mol. The van der Waals surface area contributed by atoms with Gasteiger partial charge in [-0.1, -0.05) is 60.8 Å². The summed E-state index contributed by atoms with van der Waals surface area (Å²) in [5.74, 6) is 2.72. The van der Waals surface area contributed by atoms with E-state index in [1.54, 1.807) is 18.9 Å². The lowest BCUT2D eigenvalue weighted by atomic mass is 10.1. The van der Waals surface area contributed by atoms with Crippen LogP contribution in [0.1, 0.15) is 25.8 Å². The van der Waals surface area contributed by atoms with E-state index in [0.29, 0.717) is 11.7 Å². The fraction of sp³-hybridized carbons (Fsp3) is 0.471. The highest BCUT2D eigenvalue weighted by atomic mass is 32.2. The molecule has 0 radical (unpaired) electrons. The van der Waals surface area contributed by atoms with Crippen LogP contribution in [0.15, 0.2) is 32.9 Å². The second-order valence-electron chi connectivity index (χ2n) is 5.79. The number of carbonyl (C=O) groups is 1. The van der Waals surface area contributed by atoms with Gasteiger partial charge >= 0.3 is 0 Å². The van der Waals surface area contributed by atoms with Crippen LogP contribution < -0.4 is 10.1 Å². The van der Waals surface area contributed by atoms with Crippen molar-refractivity contribution >= 4 is 40.8 Å². The molecule has 1 aromatic carbocycles. The molecule has 0 unspecified atom stereocenters. The number of benzene rings is 1. The zero-order valence-corrected chi connectivity index (χ0v) is 17.1. The molecule has 0 aliphatic carbocycles. The minimum atomic E-state index is 0.0493. The fourth-order valence-electron chi connectivity index (χ4n) is 1.86. The van der Waals surface area contributed by atoms with Gasteiger partial charge in [-0.3, -0.25) is 4.79 Å². The van der Waals surface area contributed by atoms with Crippen LogP contribution in [0, 0.1) is 5.92 Å². The van der Waals surface area contributed by atoms with Gasteiger partial charge in [0.05, 0.1) is 12.9 Å². The van der Waals surface area contributed by atoms with Crippen molar-refractivity contribution in [1.29, 1.82) is 0 Å². The zero-order chi connectivity index (χ0) is 18.1. The number of nitrogens with one attached hydrogen (secondary N) is 1. The Balaban J connectivity index is 1.71. The summed E-state index contributed by atoms with van der Waals surface area (Å²) in [6.07, 6.45) is 1.00. The second-order valence-corrected chi connectivity index (χ2v) is 9.21. The van der Waals surface area contributed by atoms with Crippen molar-refractivity contribution in [3.63, 3.8) is 0 Å². The van der Waals surface area contributed by atoms with Gasteiger partial charge in [0.2, 0.25) is 5.91 Å². The molecule has 0 fully saturated rings. The summed E-state index contributed by atoms with van der Waals surface area (Å²) in [4.78, 5) is 11.8. The van der Waals surface area contributed by atoms with Gasteiger partial charge in [-0.05, 0) is 30.0 Å². The number of methoxy groups -OCH3 is 1. The largest absolute Gasteiger partial charge is 0.497 e. The molecule has 1 aromatic heterocycles. The Kier molecular flexibility index (Phi) is 8.57. The average molecular weight is 398 g/mol. The summed E-state index contributed by atoms with van der Waals surface area (Å²) in [5, 5.41) is 11.3. The third-order valence-electron chi connectivity index (χ3n) is 3.28. The molecule has 0 saturated carbocycles. The summed E-state index contributed by atoms with van der Waals surface area (Å²) in [5.41, 5.74) is 1.21. The lowest BCUT2D eigenvalue weighted by Gasteiger charge is -2.05. The molecule has 1 N–H and O–H groups in total. The number of hydrogen-bond donors (Lipinski definition) is 1. The number of thioether (sulfide) groups is 2. The Hall–Kier alpha value is -1.25. The molecule has 0 aliphatic rings. The number of aromatic nitrogens is 2. The molecular formula is C17H23N3O2S3. The minimum Gasteiger partial charge on any atom is -0.497 e. The van der Waals surface area contributed by atoms with Gasteiger partial charge in [0.1, 0.15) is 5.75 Å². The molecule has 136 valence electrons. The summed E-state index contributed by atoms with van der Waals surface area (Å²) >= 11 is 4.62. The Morgan fingerprint density at radius 1 is 1.20 bits per heavy atom. The van der Waals surface area contributed by atoms with E-state index < -0.39 is 0 Å². The Morgan fingerprint density at radius 2 is 1.88 bits per heavy atom. The lowest BCUT2D eigenvalue weighted by Crippen LogP contribution is -2.26. The Labute approximate surface area is 161 Å². The number of hydrogen-bond acceptors (Lipinski definition) is 7. The van der Waals surface area contributed by atoms with Crippen LogP contribution in [0.25, 0.3) is 0 Å². The summed E-state index contributed by atoms with van der Waals surface area (Å²) in [6, 6.07) is 8.00. The number of rotatable bonds is 10. The van der Waals surface area contributed by atoms with Gasteiger partial charge in [0.25, 0.3) is 0 Å². The normalized spacial score (nSPS) is 10.9. The van der Waals surface area contributed by atoms with Crippen LogP contribution in [0.5, 0.6) is 5.75 Å². The van der Waals surface area contributed by atoms with E-state index in [2.05, 4.69) is 29.4 Å². The van der Waals surface area contributed by atoms with Gasteiger partial charge in [-0.2, -0.15) is 0 Å². The van der Waals surface area contributed by atoms with Gasteiger partial charge in [-0.25, -0.2) is 0 Å². The molecule has 0 atom stereocenters. The van der Waals surface area contributed by atoms with Crippen LogP contribution in [0.2, 0.25) is 0 Å². The zero-order valence-electron chi connectivity index (χ0n) is 14.7. The third-order valence-corrected chi connectivity index (χ3v) is 6.54. The van der Waals surface area contributed by atoms with Crippen LogP contribution in [-0.2, 0) is 10.5 Å². The molecule has 0 bridgehead atoms. The van der Waals surface area contributed by atoms with E-state index in [1.807, 2.05) is 24.3 Å². The number of carbonyl (C=O) groups excluding carboxylic acids is 1. The molecule has 2 rings (SSSR count). The van der Waals surface area contributed by atoms with Crippen molar-refractivity contribution in [2.75, 3.05) is 19.4 Å². The topological polar surface area (TPSA) is 64.1 Å². The maximum absolute atomic E-state index is 11.8. The smallest absolute Gasteiger partial charge is 0.230 e. The van der Waals surface area contributed by atoms with E-state index in [4.69, 9.17) is 4.74 Å². The van der Waals surface area contributed by atoms with Gasteiger partial charge in [-0.15, -0.1) is 10.2 Å². The summed E-state index contributed by atoms with van der Waals surface area (Å²) in [7, 11) is 1.66. The minimum absolute atomic E-state index is 0.0493. The van der Waals surface area contributed by atoms with Crippen molar-refractivity contribution in [2.45, 2.75) is 34.7 Å². The SMILES string of the molecule is COc1ccc(CSc2nnc(SCC(=O)NCCC(C)C)s2)cc1. The van der Waals surface area contributed by atoms with Crippen molar-refractivity contribution in [1.82, 2.24) is 15.5 Å². The van der Waals surface area contributed by atoms with Crippen molar-refractivity contribution in [3.8, 4) is 5.75 Å². The van der Waals surface area contributed by atoms with Gasteiger partial charge in [0, 0.05) is 12.3 Å². The number of amides is 1. The monoisotopic (exact) mass is 397 g/mol. The quantitative estimate of drug-likeness (QED) is 0.609. The first kappa shape index (κ1) is 20.1. The molecule has 1 amide bonds. The Bertz CT molecular complexity index is 659. The van der Waals surface area contributed by atoms with Crippen molar-refractivity contribution < 1.29 is 9.53 Å². The third kappa shape index (κ3) is 7.66. The molecule has 8 heteroatoms. The van der Waals surface area contributed by atoms with Crippen LogP contribution >= 0.6 is 34.9 Å². The molecule has 0 aliphatic heterocycles. The molecule has 5 nitrogen and oxygen atoms in total. The molecule has 2 aromatic rings. The lowest BCUT2D eigenvalue weighted by molar-refractivity contribution is -0.118. The highest BCUT2D eigenvalue weighted by Gasteiger charge is 2.09. The highest BCUT2D eigenvalue weighted by molar-refractivity contribution is 8.03. The molecule has 0 spiro atoms. The second kappa shape index (κ2) is 10.7. The molecule has 25 heavy (non-hydrogen) atoms. The first-order chi connectivity index (χ1) is 12.1. The fourth-order valence-corrected chi connectivity index (χ4v) is 4.67. The maximum atomic E-state index is 11.8. The van der Waals surface area contributed by atoms with Crippen LogP contribution in [0.3, 0.4) is 0 Å². The van der Waals surface area contributed by atoms with Crippen LogP contribution in [0.4, 0.5) is 0 Å². The first-order valence-electron chi connectivity index (χ1n) is 8.05.